The van der Waals surface area contributed by atoms with E-state index in [0.717, 1.165) is 12.1 Å². The van der Waals surface area contributed by atoms with Crippen LogP contribution in [-0.4, -0.2) is 41.8 Å². The minimum absolute atomic E-state index is 0.191. The molecule has 0 unspecified atom stereocenters. The lowest BCUT2D eigenvalue weighted by molar-refractivity contribution is -0.140. The Kier molecular flexibility index (Phi) is 5.73. The number of hydrogen-bond donors (Lipinski definition) is 1. The molecule has 0 spiro atoms. The first-order valence-electron chi connectivity index (χ1n) is 6.03. The summed E-state index contributed by atoms with van der Waals surface area (Å²) in [6.45, 7) is -0.655. The summed E-state index contributed by atoms with van der Waals surface area (Å²) in [4.78, 5) is 12.4. The minimum atomic E-state index is -4.55. The Balaban J connectivity index is 3.01. The van der Waals surface area contributed by atoms with E-state index in [4.69, 9.17) is 5.11 Å². The van der Waals surface area contributed by atoms with E-state index < -0.39 is 36.6 Å². The number of aliphatic hydroxyl groups excluding tert-OH is 1. The Morgan fingerprint density at radius 1 is 1.38 bits per heavy atom. The lowest BCUT2D eigenvalue weighted by Crippen LogP contribution is -2.39. The van der Waals surface area contributed by atoms with Crippen molar-refractivity contribution in [2.45, 2.75) is 13.1 Å². The molecule has 0 saturated carbocycles. The standard InChI is InChI=1S/C14H13F4NO2/c1-2-19(9-14(16,17)18)13(21)11-6-5-10(4-3-7-20)8-12(11)15/h5-6,8,20H,2,7,9H2,1H3. The molecule has 1 amide bonds. The van der Waals surface area contributed by atoms with Crippen molar-refractivity contribution in [2.75, 3.05) is 19.7 Å². The molecule has 0 aliphatic heterocycles. The largest absolute Gasteiger partial charge is 0.406 e. The van der Waals surface area contributed by atoms with Crippen LogP contribution in [0.5, 0.6) is 0 Å². The molecule has 0 aliphatic carbocycles. The van der Waals surface area contributed by atoms with E-state index in [1.165, 1.54) is 13.0 Å². The Labute approximate surface area is 119 Å². The molecule has 3 nitrogen and oxygen atoms in total. The summed E-state index contributed by atoms with van der Waals surface area (Å²) in [5, 5.41) is 8.52. The number of nitrogens with zero attached hydrogens (tertiary/aromatic N) is 1. The van der Waals surface area contributed by atoms with Crippen LogP contribution in [0.15, 0.2) is 18.2 Å². The molecule has 0 saturated heterocycles. The zero-order valence-electron chi connectivity index (χ0n) is 11.2. The van der Waals surface area contributed by atoms with E-state index in [9.17, 15) is 22.4 Å². The van der Waals surface area contributed by atoms with Gasteiger partial charge in [-0.1, -0.05) is 11.8 Å². The zero-order chi connectivity index (χ0) is 16.0. The van der Waals surface area contributed by atoms with Gasteiger partial charge in [-0.3, -0.25) is 4.79 Å². The molecule has 0 fully saturated rings. The second-order valence-corrected chi connectivity index (χ2v) is 4.09. The molecule has 0 aliphatic rings. The number of hydrogen-bond acceptors (Lipinski definition) is 2. The topological polar surface area (TPSA) is 40.5 Å². The lowest BCUT2D eigenvalue weighted by Gasteiger charge is -2.22. The van der Waals surface area contributed by atoms with Gasteiger partial charge in [0.05, 0.1) is 5.56 Å². The summed E-state index contributed by atoms with van der Waals surface area (Å²) in [7, 11) is 0. The fraction of sp³-hybridized carbons (Fsp3) is 0.357. The summed E-state index contributed by atoms with van der Waals surface area (Å²) in [6.07, 6.45) is -4.55. The highest BCUT2D eigenvalue weighted by Gasteiger charge is 2.33. The fourth-order valence-electron chi connectivity index (χ4n) is 1.62. The van der Waals surface area contributed by atoms with E-state index in [1.807, 2.05) is 0 Å². The van der Waals surface area contributed by atoms with Crippen molar-refractivity contribution >= 4 is 5.91 Å². The number of carbonyl (C=O) groups excluding carboxylic acids is 1. The summed E-state index contributed by atoms with van der Waals surface area (Å²) in [6, 6.07) is 3.33. The summed E-state index contributed by atoms with van der Waals surface area (Å²) in [5.41, 5.74) is -0.229. The van der Waals surface area contributed by atoms with Gasteiger partial charge >= 0.3 is 6.18 Å². The number of carbonyl (C=O) groups is 1. The summed E-state index contributed by atoms with van der Waals surface area (Å²) in [5.74, 6) is 2.75. The molecule has 114 valence electrons. The maximum absolute atomic E-state index is 13.8. The minimum Gasteiger partial charge on any atom is -0.384 e. The first-order chi connectivity index (χ1) is 9.78. The molecule has 0 bridgehead atoms. The lowest BCUT2D eigenvalue weighted by atomic mass is 10.1. The highest BCUT2D eigenvalue weighted by atomic mass is 19.4. The van der Waals surface area contributed by atoms with Gasteiger partial charge in [0.2, 0.25) is 0 Å². The second kappa shape index (κ2) is 7.09. The second-order valence-electron chi connectivity index (χ2n) is 4.09. The molecule has 0 aromatic heterocycles. The van der Waals surface area contributed by atoms with Gasteiger partial charge in [0, 0.05) is 12.1 Å². The smallest absolute Gasteiger partial charge is 0.384 e. The van der Waals surface area contributed by atoms with Crippen molar-refractivity contribution in [3.8, 4) is 11.8 Å². The van der Waals surface area contributed by atoms with Crippen LogP contribution in [0.25, 0.3) is 0 Å². The third-order valence-corrected chi connectivity index (χ3v) is 2.55. The Bertz CT molecular complexity index is 573. The average molecular weight is 303 g/mol. The number of alkyl halides is 3. The third kappa shape index (κ3) is 5.08. The number of benzene rings is 1. The van der Waals surface area contributed by atoms with Crippen molar-refractivity contribution in [3.63, 3.8) is 0 Å². The molecule has 1 aromatic carbocycles. The monoisotopic (exact) mass is 303 g/mol. The van der Waals surface area contributed by atoms with E-state index in [-0.39, 0.29) is 12.1 Å². The summed E-state index contributed by atoms with van der Waals surface area (Å²) >= 11 is 0. The Morgan fingerprint density at radius 3 is 2.52 bits per heavy atom. The number of halogens is 4. The van der Waals surface area contributed by atoms with Gasteiger partial charge in [0.25, 0.3) is 5.91 Å². The van der Waals surface area contributed by atoms with Gasteiger partial charge in [-0.25, -0.2) is 4.39 Å². The highest BCUT2D eigenvalue weighted by molar-refractivity contribution is 5.94. The third-order valence-electron chi connectivity index (χ3n) is 2.55. The molecule has 1 N–H and O–H groups in total. The van der Waals surface area contributed by atoms with Gasteiger partial charge in [-0.2, -0.15) is 13.2 Å². The average Bonchev–Trinajstić information content (AvgIpc) is 2.41. The van der Waals surface area contributed by atoms with Crippen LogP contribution >= 0.6 is 0 Å². The Hall–Kier alpha value is -2.07. The normalized spacial score (nSPS) is 10.8. The van der Waals surface area contributed by atoms with E-state index in [0.29, 0.717) is 4.90 Å². The van der Waals surface area contributed by atoms with Crippen LogP contribution in [0.4, 0.5) is 17.6 Å². The first-order valence-corrected chi connectivity index (χ1v) is 6.03. The molecule has 0 heterocycles. The molecule has 1 aromatic rings. The molecule has 7 heteroatoms. The van der Waals surface area contributed by atoms with Crippen molar-refractivity contribution in [1.29, 1.82) is 0 Å². The van der Waals surface area contributed by atoms with E-state index in [2.05, 4.69) is 11.8 Å². The maximum atomic E-state index is 13.8. The molecule has 0 radical (unpaired) electrons. The predicted molar refractivity (Wildman–Crippen MR) is 68.0 cm³/mol. The van der Waals surface area contributed by atoms with Crippen molar-refractivity contribution in [2.24, 2.45) is 0 Å². The SMILES string of the molecule is CCN(CC(F)(F)F)C(=O)c1ccc(C#CCO)cc1F. The fourth-order valence-corrected chi connectivity index (χ4v) is 1.62. The van der Waals surface area contributed by atoms with Crippen LogP contribution < -0.4 is 0 Å². The predicted octanol–water partition coefficient (Wildman–Crippen LogP) is 2.19. The Morgan fingerprint density at radius 2 is 2.05 bits per heavy atom. The van der Waals surface area contributed by atoms with Crippen molar-refractivity contribution in [1.82, 2.24) is 4.90 Å². The molecule has 0 atom stereocenters. The van der Waals surface area contributed by atoms with E-state index >= 15 is 0 Å². The summed E-state index contributed by atoms with van der Waals surface area (Å²) < 4.78 is 50.8. The molecule has 21 heavy (non-hydrogen) atoms. The van der Waals surface area contributed by atoms with Gasteiger partial charge in [-0.15, -0.1) is 0 Å². The number of amides is 1. The van der Waals surface area contributed by atoms with Gasteiger partial charge in [0.1, 0.15) is 19.0 Å². The van der Waals surface area contributed by atoms with Crippen LogP contribution in [0.3, 0.4) is 0 Å². The van der Waals surface area contributed by atoms with E-state index in [1.54, 1.807) is 0 Å². The molecular weight excluding hydrogens is 290 g/mol. The quantitative estimate of drug-likeness (QED) is 0.687. The first kappa shape index (κ1) is 17.0. The van der Waals surface area contributed by atoms with Crippen LogP contribution in [0, 0.1) is 17.7 Å². The number of rotatable bonds is 3. The van der Waals surface area contributed by atoms with Crippen LogP contribution in [0.1, 0.15) is 22.8 Å². The molecular formula is C14H13F4NO2. The number of aliphatic hydroxyl groups is 1. The highest BCUT2D eigenvalue weighted by Crippen LogP contribution is 2.19. The van der Waals surface area contributed by atoms with Gasteiger partial charge in [-0.05, 0) is 25.1 Å². The zero-order valence-corrected chi connectivity index (χ0v) is 11.2. The van der Waals surface area contributed by atoms with Crippen LogP contribution in [-0.2, 0) is 0 Å². The van der Waals surface area contributed by atoms with Crippen LogP contribution in [0.2, 0.25) is 0 Å². The van der Waals surface area contributed by atoms with Gasteiger partial charge in [0.15, 0.2) is 0 Å². The van der Waals surface area contributed by atoms with Crippen molar-refractivity contribution < 1.29 is 27.5 Å². The van der Waals surface area contributed by atoms with Gasteiger partial charge < -0.3 is 10.0 Å². The van der Waals surface area contributed by atoms with Crippen molar-refractivity contribution in [3.05, 3.63) is 35.1 Å². The maximum Gasteiger partial charge on any atom is 0.406 e. The molecule has 1 rings (SSSR count).